The molecule has 178 valence electrons. The number of piperidine rings is 1. The molecule has 2 N–H and O–H groups in total. The molecule has 0 saturated carbocycles. The van der Waals surface area contributed by atoms with Crippen LogP contribution in [0.1, 0.15) is 40.2 Å². The molecule has 4 aromatic rings. The molecule has 1 saturated heterocycles. The highest BCUT2D eigenvalue weighted by Crippen LogP contribution is 2.49. The number of methoxy groups -OCH3 is 1. The molecule has 5 heterocycles. The molecule has 2 aliphatic heterocycles. The zero-order valence-corrected chi connectivity index (χ0v) is 20.9. The standard InChI is InChI=1S/C25H29N5O2S2/c1-32-17-2-3-18-19(12-17)28-24-20(15-31)30(14-22-27-7-11-34-22)16-25(23(18)24)4-8-29(9-5-25)13-21-26-6-10-33-21/h2-3,6-7,10-12,20,28,31H,4-5,8-9,13-16H2,1H3/t20-/m1/s1. The molecule has 1 fully saturated rings. The number of H-pyrrole nitrogens is 1. The van der Waals surface area contributed by atoms with Crippen molar-refractivity contribution in [1.82, 2.24) is 24.8 Å². The van der Waals surface area contributed by atoms with Crippen molar-refractivity contribution >= 4 is 33.6 Å². The van der Waals surface area contributed by atoms with E-state index in [1.165, 1.54) is 16.0 Å². The average Bonchev–Trinajstić information content (AvgIpc) is 3.62. The summed E-state index contributed by atoms with van der Waals surface area (Å²) in [6.45, 7) is 4.76. The zero-order valence-electron chi connectivity index (χ0n) is 19.2. The summed E-state index contributed by atoms with van der Waals surface area (Å²) in [6.07, 6.45) is 5.92. The second-order valence-electron chi connectivity index (χ2n) is 9.34. The lowest BCUT2D eigenvalue weighted by Crippen LogP contribution is -2.53. The van der Waals surface area contributed by atoms with Gasteiger partial charge < -0.3 is 14.8 Å². The Hall–Kier alpha value is -2.30. The van der Waals surface area contributed by atoms with Gasteiger partial charge in [-0.25, -0.2) is 9.97 Å². The molecule has 1 atom stereocenters. The zero-order chi connectivity index (χ0) is 23.1. The van der Waals surface area contributed by atoms with Gasteiger partial charge >= 0.3 is 0 Å². The number of rotatable bonds is 6. The van der Waals surface area contributed by atoms with Crippen molar-refractivity contribution in [2.24, 2.45) is 0 Å². The van der Waals surface area contributed by atoms with Crippen LogP contribution < -0.4 is 4.74 Å². The van der Waals surface area contributed by atoms with Crippen LogP contribution in [0.5, 0.6) is 5.75 Å². The first-order chi connectivity index (χ1) is 16.7. The number of nitrogens with one attached hydrogen (secondary N) is 1. The molecule has 6 rings (SSSR count). The van der Waals surface area contributed by atoms with E-state index in [-0.39, 0.29) is 18.1 Å². The molecule has 0 aliphatic carbocycles. The smallest absolute Gasteiger partial charge is 0.120 e. The highest BCUT2D eigenvalue weighted by Gasteiger charge is 2.47. The van der Waals surface area contributed by atoms with Gasteiger partial charge in [-0.2, -0.15) is 0 Å². The molecule has 2 aliphatic rings. The quantitative estimate of drug-likeness (QED) is 0.418. The Morgan fingerprint density at radius 2 is 1.85 bits per heavy atom. The van der Waals surface area contributed by atoms with Crippen LogP contribution in [0.25, 0.3) is 10.9 Å². The van der Waals surface area contributed by atoms with Gasteiger partial charge in [-0.15, -0.1) is 22.7 Å². The SMILES string of the molecule is COc1ccc2c3c([nH]c2c1)[C@@H](CO)N(Cc1nccs1)CC31CCN(Cc2nccs2)CC1. The molecule has 7 nitrogen and oxygen atoms in total. The van der Waals surface area contributed by atoms with E-state index in [0.29, 0.717) is 0 Å². The van der Waals surface area contributed by atoms with Crippen molar-refractivity contribution in [1.29, 1.82) is 0 Å². The van der Waals surface area contributed by atoms with E-state index in [1.54, 1.807) is 29.8 Å². The van der Waals surface area contributed by atoms with Crippen molar-refractivity contribution in [3.8, 4) is 5.75 Å². The van der Waals surface area contributed by atoms with Gasteiger partial charge in [-0.1, -0.05) is 0 Å². The predicted molar refractivity (Wildman–Crippen MR) is 136 cm³/mol. The Morgan fingerprint density at radius 3 is 2.50 bits per heavy atom. The summed E-state index contributed by atoms with van der Waals surface area (Å²) < 4.78 is 5.50. The van der Waals surface area contributed by atoms with Gasteiger partial charge in [0.2, 0.25) is 0 Å². The van der Waals surface area contributed by atoms with E-state index in [2.05, 4.69) is 48.3 Å². The van der Waals surface area contributed by atoms with Gasteiger partial charge in [0.05, 0.1) is 32.8 Å². The molecule has 9 heteroatoms. The maximum Gasteiger partial charge on any atom is 0.120 e. The third-order valence-corrected chi connectivity index (χ3v) is 9.02. The van der Waals surface area contributed by atoms with E-state index < -0.39 is 0 Å². The molecule has 0 unspecified atom stereocenters. The molecule has 0 bridgehead atoms. The third kappa shape index (κ3) is 3.85. The Morgan fingerprint density at radius 1 is 1.12 bits per heavy atom. The van der Waals surface area contributed by atoms with Crippen LogP contribution in [0.3, 0.4) is 0 Å². The normalized spacial score (nSPS) is 20.7. The van der Waals surface area contributed by atoms with Crippen molar-refractivity contribution in [2.75, 3.05) is 33.4 Å². The monoisotopic (exact) mass is 495 g/mol. The Kier molecular flexibility index (Phi) is 5.90. The molecule has 3 aromatic heterocycles. The van der Waals surface area contributed by atoms with Crippen LogP contribution in [-0.2, 0) is 18.5 Å². The summed E-state index contributed by atoms with van der Waals surface area (Å²) in [4.78, 5) is 17.7. The number of ether oxygens (including phenoxy) is 1. The minimum atomic E-state index is -0.0729. The fourth-order valence-electron chi connectivity index (χ4n) is 5.85. The summed E-state index contributed by atoms with van der Waals surface area (Å²) in [5.41, 5.74) is 3.67. The van der Waals surface area contributed by atoms with Gasteiger partial charge in [0.15, 0.2) is 0 Å². The van der Waals surface area contributed by atoms with E-state index in [1.807, 2.05) is 17.8 Å². The van der Waals surface area contributed by atoms with Gasteiger partial charge in [0.1, 0.15) is 15.8 Å². The largest absolute Gasteiger partial charge is 0.497 e. The number of benzene rings is 1. The number of aliphatic hydroxyl groups is 1. The number of hydrogen-bond acceptors (Lipinski definition) is 8. The highest BCUT2D eigenvalue weighted by atomic mass is 32.1. The topological polar surface area (TPSA) is 77.5 Å². The van der Waals surface area contributed by atoms with Crippen LogP contribution in [0.2, 0.25) is 0 Å². The van der Waals surface area contributed by atoms with Crippen molar-refractivity contribution in [2.45, 2.75) is 37.4 Å². The lowest BCUT2D eigenvalue weighted by atomic mass is 9.68. The second-order valence-corrected chi connectivity index (χ2v) is 11.3. The number of likely N-dealkylation sites (tertiary alicyclic amines) is 1. The van der Waals surface area contributed by atoms with E-state index in [0.717, 1.165) is 67.5 Å². The van der Waals surface area contributed by atoms with Crippen LogP contribution in [0.4, 0.5) is 0 Å². The fraction of sp³-hybridized carbons (Fsp3) is 0.440. The molecular weight excluding hydrogens is 466 g/mol. The summed E-state index contributed by atoms with van der Waals surface area (Å²) in [5, 5.41) is 18.1. The average molecular weight is 496 g/mol. The molecule has 1 aromatic carbocycles. The number of aromatic amines is 1. The molecular formula is C25H29N5O2S2. The van der Waals surface area contributed by atoms with Crippen LogP contribution >= 0.6 is 22.7 Å². The fourth-order valence-corrected chi connectivity index (χ4v) is 7.15. The predicted octanol–water partition coefficient (Wildman–Crippen LogP) is 4.17. The first-order valence-corrected chi connectivity index (χ1v) is 13.5. The first-order valence-electron chi connectivity index (χ1n) is 11.7. The van der Waals surface area contributed by atoms with Gasteiger partial charge in [0.25, 0.3) is 0 Å². The van der Waals surface area contributed by atoms with Gasteiger partial charge in [-0.3, -0.25) is 9.80 Å². The number of fused-ring (bicyclic) bond motifs is 4. The van der Waals surface area contributed by atoms with E-state index >= 15 is 0 Å². The maximum absolute atomic E-state index is 10.5. The van der Waals surface area contributed by atoms with Crippen molar-refractivity contribution in [3.63, 3.8) is 0 Å². The molecule has 0 radical (unpaired) electrons. The number of nitrogens with zero attached hydrogens (tertiary/aromatic N) is 4. The van der Waals surface area contributed by atoms with Crippen molar-refractivity contribution in [3.05, 3.63) is 62.6 Å². The second kappa shape index (κ2) is 9.05. The lowest BCUT2D eigenvalue weighted by molar-refractivity contribution is 0.0419. The number of aliphatic hydroxyl groups excluding tert-OH is 1. The summed E-state index contributed by atoms with van der Waals surface area (Å²) in [5.74, 6) is 0.846. The Balaban J connectivity index is 1.39. The molecule has 0 amide bonds. The third-order valence-electron chi connectivity index (χ3n) is 7.50. The minimum absolute atomic E-state index is 0.0322. The summed E-state index contributed by atoms with van der Waals surface area (Å²) in [7, 11) is 1.70. The maximum atomic E-state index is 10.5. The molecule has 34 heavy (non-hydrogen) atoms. The lowest BCUT2D eigenvalue weighted by Gasteiger charge is -2.50. The Labute approximate surface area is 207 Å². The highest BCUT2D eigenvalue weighted by molar-refractivity contribution is 7.09. The Bertz CT molecular complexity index is 1250. The van der Waals surface area contributed by atoms with Crippen LogP contribution in [0, 0.1) is 0 Å². The van der Waals surface area contributed by atoms with Gasteiger partial charge in [0, 0.05) is 57.8 Å². The summed E-state index contributed by atoms with van der Waals surface area (Å²) >= 11 is 3.42. The molecule has 1 spiro atoms. The van der Waals surface area contributed by atoms with E-state index in [9.17, 15) is 5.11 Å². The summed E-state index contributed by atoms with van der Waals surface area (Å²) in [6, 6.07) is 6.25. The van der Waals surface area contributed by atoms with E-state index in [4.69, 9.17) is 4.74 Å². The number of thiazole rings is 2. The van der Waals surface area contributed by atoms with Crippen LogP contribution in [-0.4, -0.2) is 63.2 Å². The van der Waals surface area contributed by atoms with Crippen LogP contribution in [0.15, 0.2) is 41.4 Å². The number of hydrogen-bond donors (Lipinski definition) is 2. The van der Waals surface area contributed by atoms with Crippen molar-refractivity contribution < 1.29 is 9.84 Å². The first kappa shape index (κ1) is 22.2. The number of aromatic nitrogens is 3. The van der Waals surface area contributed by atoms with Gasteiger partial charge in [-0.05, 0) is 43.6 Å². The minimum Gasteiger partial charge on any atom is -0.497 e.